The quantitative estimate of drug-likeness (QED) is 0.102. The zero-order chi connectivity index (χ0) is 27.4. The zero-order valence-corrected chi connectivity index (χ0v) is 21.8. The average Bonchev–Trinajstić information content (AvgIpc) is 3.41. The van der Waals surface area contributed by atoms with E-state index < -0.39 is 53.7 Å². The van der Waals surface area contributed by atoms with Gasteiger partial charge in [0.15, 0.2) is 5.03 Å². The third-order valence-corrected chi connectivity index (χ3v) is 8.66. The van der Waals surface area contributed by atoms with Crippen LogP contribution in [0.4, 0.5) is 4.79 Å². The van der Waals surface area contributed by atoms with E-state index in [-0.39, 0.29) is 17.2 Å². The van der Waals surface area contributed by atoms with Gasteiger partial charge in [-0.05, 0) is 23.1 Å². The van der Waals surface area contributed by atoms with Crippen molar-refractivity contribution in [2.24, 2.45) is 5.73 Å². The van der Waals surface area contributed by atoms with E-state index >= 15 is 0 Å². The molecule has 200 valence electrons. The zero-order valence-electron chi connectivity index (χ0n) is 19.4. The summed E-state index contributed by atoms with van der Waals surface area (Å²) in [4.78, 5) is 63.3. The summed E-state index contributed by atoms with van der Waals surface area (Å²) in [5.74, 6) is -2.85. The smallest absolute Gasteiger partial charge is 0.352 e. The Labute approximate surface area is 227 Å². The van der Waals surface area contributed by atoms with Crippen LogP contribution >= 0.6 is 34.9 Å². The van der Waals surface area contributed by atoms with Gasteiger partial charge in [0.05, 0.1) is 6.54 Å². The standard InChI is InChI=1S/C21H21N7O7S3/c22-12(29)7-23-21(34)25-14(11-3-2-6-36-11)17(30)24-15-18(31)28-16(20(32)33)10(9-38-19(15)28)8-37-13-4-1-5-27(35)26-13/h1-6,14-15,19H,7-9H2,(H2,22,29)(H,24,30)(H,32,33)(H2,23,25,34)/t14?,15-,19?/m0/s1. The van der Waals surface area contributed by atoms with Crippen molar-refractivity contribution in [2.45, 2.75) is 22.5 Å². The van der Waals surface area contributed by atoms with Crippen LogP contribution in [0, 0.1) is 5.21 Å². The molecule has 2 aliphatic rings. The number of nitrogens with zero attached hydrogens (tertiary/aromatic N) is 3. The minimum atomic E-state index is -1.28. The van der Waals surface area contributed by atoms with E-state index in [0.29, 0.717) is 20.3 Å². The van der Waals surface area contributed by atoms with Crippen molar-refractivity contribution in [3.05, 3.63) is 57.2 Å². The van der Waals surface area contributed by atoms with Gasteiger partial charge in [0.1, 0.15) is 23.2 Å². The van der Waals surface area contributed by atoms with Crippen LogP contribution in [0.3, 0.4) is 0 Å². The number of primary amides is 1. The summed E-state index contributed by atoms with van der Waals surface area (Å²) in [6.45, 7) is -0.429. The maximum atomic E-state index is 13.1. The first kappa shape index (κ1) is 27.2. The molecule has 4 rings (SSSR count). The predicted molar refractivity (Wildman–Crippen MR) is 136 cm³/mol. The molecule has 6 N–H and O–H groups in total. The van der Waals surface area contributed by atoms with Crippen LogP contribution in [0.15, 0.2) is 52.1 Å². The monoisotopic (exact) mass is 579 g/mol. The summed E-state index contributed by atoms with van der Waals surface area (Å²) < 4.78 is 0. The number of fused-ring (bicyclic) bond motifs is 1. The van der Waals surface area contributed by atoms with E-state index in [4.69, 9.17) is 5.73 Å². The average molecular weight is 580 g/mol. The van der Waals surface area contributed by atoms with E-state index in [1.807, 2.05) is 0 Å². The number of hydrogen-bond donors (Lipinski definition) is 5. The SMILES string of the molecule is NC(=O)CNC(=O)NC(C(=O)N[C@H]1C(=O)N2C(C(=O)O)=C(CSc3ccc[n+]([O-])n3)CSC12)c1cccs1. The summed E-state index contributed by atoms with van der Waals surface area (Å²) in [7, 11) is 0. The number of β-lactam (4-membered cyclic amide) rings is 1. The first-order valence-electron chi connectivity index (χ1n) is 10.9. The number of carbonyl (C=O) groups is 5. The normalized spacial score (nSPS) is 19.2. The van der Waals surface area contributed by atoms with Crippen molar-refractivity contribution in [1.29, 1.82) is 0 Å². The third-order valence-electron chi connectivity index (χ3n) is 5.38. The highest BCUT2D eigenvalue weighted by Gasteiger charge is 2.54. The summed E-state index contributed by atoms with van der Waals surface area (Å²) in [5, 5.41) is 33.8. The second kappa shape index (κ2) is 11.7. The number of aliphatic carboxylic acids is 1. The van der Waals surface area contributed by atoms with Crippen molar-refractivity contribution in [1.82, 2.24) is 25.9 Å². The molecule has 0 aromatic carbocycles. The van der Waals surface area contributed by atoms with Gasteiger partial charge in [-0.1, -0.05) is 22.7 Å². The van der Waals surface area contributed by atoms with Crippen LogP contribution in [0.1, 0.15) is 10.9 Å². The number of carboxylic acid groups (broad SMARTS) is 1. The highest BCUT2D eigenvalue weighted by atomic mass is 32.2. The van der Waals surface area contributed by atoms with Crippen molar-refractivity contribution < 1.29 is 33.9 Å². The Morgan fingerprint density at radius 3 is 2.76 bits per heavy atom. The molecular weight excluding hydrogens is 558 g/mol. The van der Waals surface area contributed by atoms with Gasteiger partial charge < -0.3 is 32.0 Å². The van der Waals surface area contributed by atoms with E-state index in [2.05, 4.69) is 21.0 Å². The number of thiophene rings is 1. The molecule has 0 radical (unpaired) electrons. The molecule has 2 aliphatic heterocycles. The van der Waals surface area contributed by atoms with Gasteiger partial charge in [-0.2, -0.15) is 0 Å². The molecule has 1 fully saturated rings. The molecule has 38 heavy (non-hydrogen) atoms. The van der Waals surface area contributed by atoms with Crippen molar-refractivity contribution in [2.75, 3.05) is 18.1 Å². The number of nitrogens with one attached hydrogen (secondary N) is 3. The topological polar surface area (TPSA) is 211 Å². The molecule has 0 bridgehead atoms. The van der Waals surface area contributed by atoms with Gasteiger partial charge in [0, 0.05) is 27.5 Å². The fourth-order valence-corrected chi connectivity index (χ4v) is 6.83. The minimum Gasteiger partial charge on any atom is -0.594 e. The van der Waals surface area contributed by atoms with Crippen molar-refractivity contribution in [3.8, 4) is 0 Å². The number of amides is 5. The second-order valence-corrected chi connectivity index (χ2v) is 11.0. The molecule has 17 heteroatoms. The number of carbonyl (C=O) groups excluding carboxylic acids is 4. The Balaban J connectivity index is 1.45. The molecular formula is C21H21N7O7S3. The number of carboxylic acids is 1. The van der Waals surface area contributed by atoms with Crippen LogP contribution in [0.2, 0.25) is 0 Å². The maximum Gasteiger partial charge on any atom is 0.352 e. The van der Waals surface area contributed by atoms with Crippen molar-refractivity contribution in [3.63, 3.8) is 0 Å². The van der Waals surface area contributed by atoms with Crippen LogP contribution < -0.4 is 26.5 Å². The lowest BCUT2D eigenvalue weighted by molar-refractivity contribution is -0.672. The predicted octanol–water partition coefficient (Wildman–Crippen LogP) is -0.867. The number of urea groups is 1. The highest BCUT2D eigenvalue weighted by molar-refractivity contribution is 8.01. The van der Waals surface area contributed by atoms with E-state index in [9.17, 15) is 34.3 Å². The second-order valence-electron chi connectivity index (χ2n) is 7.93. The summed E-state index contributed by atoms with van der Waals surface area (Å²) in [5.41, 5.74) is 5.34. The number of thioether (sulfide) groups is 2. The Morgan fingerprint density at radius 1 is 1.32 bits per heavy atom. The lowest BCUT2D eigenvalue weighted by atomic mass is 10.0. The maximum absolute atomic E-state index is 13.1. The molecule has 3 atom stereocenters. The minimum absolute atomic E-state index is 0.165. The summed E-state index contributed by atoms with van der Waals surface area (Å²) in [6, 6.07) is 3.46. The fraction of sp³-hybridized carbons (Fsp3) is 0.286. The highest BCUT2D eigenvalue weighted by Crippen LogP contribution is 2.41. The van der Waals surface area contributed by atoms with Crippen molar-refractivity contribution >= 4 is 64.6 Å². The molecule has 14 nitrogen and oxygen atoms in total. The Bertz CT molecular complexity index is 1300. The van der Waals surface area contributed by atoms with Gasteiger partial charge in [-0.25, -0.2) is 9.59 Å². The molecule has 0 spiro atoms. The first-order chi connectivity index (χ1) is 18.2. The molecule has 1 saturated heterocycles. The summed E-state index contributed by atoms with van der Waals surface area (Å²) in [6.07, 6.45) is 1.23. The van der Waals surface area contributed by atoms with Crippen LogP contribution in [0.25, 0.3) is 0 Å². The molecule has 5 amide bonds. The Hall–Kier alpha value is -3.83. The van der Waals surface area contributed by atoms with Gasteiger partial charge >= 0.3 is 12.0 Å². The van der Waals surface area contributed by atoms with Crippen LogP contribution in [-0.2, 0) is 19.2 Å². The first-order valence-corrected chi connectivity index (χ1v) is 13.8. The number of nitrogens with two attached hydrogens (primary N) is 1. The van der Waals surface area contributed by atoms with E-state index in [1.54, 1.807) is 23.6 Å². The van der Waals surface area contributed by atoms with Gasteiger partial charge in [0.25, 0.3) is 5.91 Å². The Kier molecular flexibility index (Phi) is 8.38. The van der Waals surface area contributed by atoms with Crippen LogP contribution in [0.5, 0.6) is 0 Å². The molecule has 2 aromatic heterocycles. The molecule has 0 saturated carbocycles. The van der Waals surface area contributed by atoms with E-state index in [0.717, 1.165) is 4.90 Å². The third kappa shape index (κ3) is 6.00. The lowest BCUT2D eigenvalue weighted by Crippen LogP contribution is -2.71. The Morgan fingerprint density at radius 2 is 2.11 bits per heavy atom. The van der Waals surface area contributed by atoms with Crippen LogP contribution in [-0.4, -0.2) is 74.3 Å². The molecule has 2 aromatic rings. The number of aromatic nitrogens is 2. The van der Waals surface area contributed by atoms with Gasteiger partial charge in [-0.3, -0.25) is 19.3 Å². The fourth-order valence-electron chi connectivity index (χ4n) is 3.70. The van der Waals surface area contributed by atoms with E-state index in [1.165, 1.54) is 47.1 Å². The number of hydrogen-bond acceptors (Lipinski definition) is 10. The van der Waals surface area contributed by atoms with Gasteiger partial charge in [-0.15, -0.1) is 23.1 Å². The van der Waals surface area contributed by atoms with Gasteiger partial charge in [0.2, 0.25) is 18.0 Å². The molecule has 0 aliphatic carbocycles. The lowest BCUT2D eigenvalue weighted by Gasteiger charge is -2.49. The molecule has 2 unspecified atom stereocenters. The molecule has 4 heterocycles. The summed E-state index contributed by atoms with van der Waals surface area (Å²) >= 11 is 3.66. The largest absolute Gasteiger partial charge is 0.594 e. The number of rotatable bonds is 10.